The first kappa shape index (κ1) is 12.1. The molecule has 0 radical (unpaired) electrons. The molecule has 0 saturated heterocycles. The molecule has 0 bridgehead atoms. The zero-order valence-electron chi connectivity index (χ0n) is 9.59. The van der Waals surface area contributed by atoms with E-state index in [2.05, 4.69) is 20.9 Å². The van der Waals surface area contributed by atoms with E-state index >= 15 is 0 Å². The van der Waals surface area contributed by atoms with Crippen LogP contribution in [0, 0.1) is 0 Å². The minimum Gasteiger partial charge on any atom is -0.496 e. The average Bonchev–Trinajstić information content (AvgIpc) is 2.74. The lowest BCUT2D eigenvalue weighted by Crippen LogP contribution is -2.08. The predicted molar refractivity (Wildman–Crippen MR) is 68.0 cm³/mol. The quantitative estimate of drug-likeness (QED) is 0.945. The van der Waals surface area contributed by atoms with E-state index in [1.165, 1.54) is 0 Å². The van der Waals surface area contributed by atoms with Gasteiger partial charge >= 0.3 is 0 Å². The molecule has 90 valence electrons. The zero-order valence-corrected chi connectivity index (χ0v) is 11.2. The fourth-order valence-electron chi connectivity index (χ4n) is 1.70. The molecule has 2 aromatic rings. The topological polar surface area (TPSA) is 47.3 Å². The van der Waals surface area contributed by atoms with Gasteiger partial charge in [0.05, 0.1) is 7.11 Å². The van der Waals surface area contributed by atoms with Crippen molar-refractivity contribution in [3.8, 4) is 5.75 Å². The SMILES string of the molecule is COc1ccc(Br)cc1C(O)c1nccn1C. The second-order valence-corrected chi connectivity index (χ2v) is 4.60. The van der Waals surface area contributed by atoms with Gasteiger partial charge in [-0.25, -0.2) is 4.98 Å². The molecule has 0 spiro atoms. The standard InChI is InChI=1S/C12H13BrN2O2/c1-15-6-5-14-12(15)11(16)9-7-8(13)3-4-10(9)17-2/h3-7,11,16H,1-2H3. The van der Waals surface area contributed by atoms with Crippen molar-refractivity contribution in [1.82, 2.24) is 9.55 Å². The minimum atomic E-state index is -0.803. The van der Waals surface area contributed by atoms with Crippen LogP contribution in [0.4, 0.5) is 0 Å². The van der Waals surface area contributed by atoms with Gasteiger partial charge < -0.3 is 14.4 Å². The van der Waals surface area contributed by atoms with Crippen molar-refractivity contribution in [2.45, 2.75) is 6.10 Å². The molecule has 17 heavy (non-hydrogen) atoms. The number of benzene rings is 1. The summed E-state index contributed by atoms with van der Waals surface area (Å²) < 4.78 is 7.91. The first-order chi connectivity index (χ1) is 8.13. The van der Waals surface area contributed by atoms with Crippen molar-refractivity contribution in [3.05, 3.63) is 46.5 Å². The Bertz CT molecular complexity index is 525. The molecule has 1 aromatic heterocycles. The Hall–Kier alpha value is -1.33. The van der Waals surface area contributed by atoms with Crippen LogP contribution in [0.2, 0.25) is 0 Å². The predicted octanol–water partition coefficient (Wildman–Crippen LogP) is 2.27. The van der Waals surface area contributed by atoms with Crippen molar-refractivity contribution < 1.29 is 9.84 Å². The number of imidazole rings is 1. The molecule has 1 atom stereocenters. The number of aliphatic hydroxyl groups is 1. The Morgan fingerprint density at radius 1 is 1.47 bits per heavy atom. The molecular weight excluding hydrogens is 284 g/mol. The van der Waals surface area contributed by atoms with Gasteiger partial charge in [-0.15, -0.1) is 0 Å². The van der Waals surface area contributed by atoms with Crippen molar-refractivity contribution in [1.29, 1.82) is 0 Å². The lowest BCUT2D eigenvalue weighted by atomic mass is 10.1. The zero-order chi connectivity index (χ0) is 12.4. The van der Waals surface area contributed by atoms with Gasteiger partial charge in [0.2, 0.25) is 0 Å². The average molecular weight is 297 g/mol. The largest absolute Gasteiger partial charge is 0.496 e. The second kappa shape index (κ2) is 4.89. The van der Waals surface area contributed by atoms with Gasteiger partial charge in [-0.05, 0) is 18.2 Å². The molecule has 0 aliphatic heterocycles. The number of hydrogen-bond acceptors (Lipinski definition) is 3. The van der Waals surface area contributed by atoms with E-state index in [-0.39, 0.29) is 0 Å². The highest BCUT2D eigenvalue weighted by atomic mass is 79.9. The molecule has 1 heterocycles. The molecule has 2 rings (SSSR count). The van der Waals surface area contributed by atoms with Crippen LogP contribution in [0.5, 0.6) is 5.75 Å². The highest BCUT2D eigenvalue weighted by Gasteiger charge is 2.19. The van der Waals surface area contributed by atoms with Crippen LogP contribution in [0.15, 0.2) is 35.1 Å². The smallest absolute Gasteiger partial charge is 0.142 e. The van der Waals surface area contributed by atoms with Gasteiger partial charge in [0.1, 0.15) is 17.7 Å². The molecule has 0 aliphatic carbocycles. The van der Waals surface area contributed by atoms with Crippen LogP contribution >= 0.6 is 15.9 Å². The summed E-state index contributed by atoms with van der Waals surface area (Å²) in [7, 11) is 3.42. The van der Waals surface area contributed by atoms with Gasteiger partial charge in [-0.3, -0.25) is 0 Å². The summed E-state index contributed by atoms with van der Waals surface area (Å²) >= 11 is 3.38. The van der Waals surface area contributed by atoms with Gasteiger partial charge in [-0.2, -0.15) is 0 Å². The molecule has 1 N–H and O–H groups in total. The van der Waals surface area contributed by atoms with E-state index in [9.17, 15) is 5.11 Å². The lowest BCUT2D eigenvalue weighted by Gasteiger charge is -2.15. The number of halogens is 1. The maximum Gasteiger partial charge on any atom is 0.142 e. The van der Waals surface area contributed by atoms with E-state index in [4.69, 9.17) is 4.74 Å². The third-order valence-corrected chi connectivity index (χ3v) is 3.08. The normalized spacial score (nSPS) is 12.5. The first-order valence-electron chi connectivity index (χ1n) is 5.12. The summed E-state index contributed by atoms with van der Waals surface area (Å²) in [6, 6.07) is 5.51. The number of aliphatic hydroxyl groups excluding tert-OH is 1. The second-order valence-electron chi connectivity index (χ2n) is 3.69. The number of nitrogens with zero attached hydrogens (tertiary/aromatic N) is 2. The van der Waals surface area contributed by atoms with Gasteiger partial charge in [-0.1, -0.05) is 15.9 Å². The Morgan fingerprint density at radius 3 is 2.82 bits per heavy atom. The van der Waals surface area contributed by atoms with Gasteiger partial charge in [0, 0.05) is 29.5 Å². The first-order valence-corrected chi connectivity index (χ1v) is 5.91. The monoisotopic (exact) mass is 296 g/mol. The molecule has 5 heteroatoms. The van der Waals surface area contributed by atoms with Crippen LogP contribution in [0.25, 0.3) is 0 Å². The van der Waals surface area contributed by atoms with Crippen LogP contribution in [0.1, 0.15) is 17.5 Å². The van der Waals surface area contributed by atoms with Crippen molar-refractivity contribution in [2.75, 3.05) is 7.11 Å². The number of methoxy groups -OCH3 is 1. The summed E-state index contributed by atoms with van der Waals surface area (Å²) in [5.41, 5.74) is 0.691. The van der Waals surface area contributed by atoms with E-state index < -0.39 is 6.10 Å². The third-order valence-electron chi connectivity index (χ3n) is 2.59. The minimum absolute atomic E-state index is 0.585. The number of aryl methyl sites for hydroxylation is 1. The van der Waals surface area contributed by atoms with Gasteiger partial charge in [0.25, 0.3) is 0 Å². The molecule has 0 saturated carbocycles. The van der Waals surface area contributed by atoms with Crippen molar-refractivity contribution in [3.63, 3.8) is 0 Å². The molecule has 0 fully saturated rings. The van der Waals surface area contributed by atoms with Crippen LogP contribution in [-0.4, -0.2) is 21.8 Å². The number of rotatable bonds is 3. The summed E-state index contributed by atoms with van der Waals surface area (Å²) in [6.07, 6.45) is 2.65. The van der Waals surface area contributed by atoms with Crippen molar-refractivity contribution in [2.24, 2.45) is 7.05 Å². The van der Waals surface area contributed by atoms with E-state index in [1.54, 1.807) is 24.1 Å². The Kier molecular flexibility index (Phi) is 3.49. The molecule has 0 amide bonds. The van der Waals surface area contributed by atoms with Crippen LogP contribution in [0.3, 0.4) is 0 Å². The van der Waals surface area contributed by atoms with E-state index in [0.717, 1.165) is 4.47 Å². The molecule has 0 aliphatic rings. The summed E-state index contributed by atoms with van der Waals surface area (Å²) in [5.74, 6) is 1.23. The Balaban J connectivity index is 2.46. The van der Waals surface area contributed by atoms with Gasteiger partial charge in [0.15, 0.2) is 0 Å². The Morgan fingerprint density at radius 2 is 2.24 bits per heavy atom. The van der Waals surface area contributed by atoms with Crippen molar-refractivity contribution >= 4 is 15.9 Å². The van der Waals surface area contributed by atoms with Crippen LogP contribution in [-0.2, 0) is 7.05 Å². The highest BCUT2D eigenvalue weighted by Crippen LogP contribution is 2.31. The highest BCUT2D eigenvalue weighted by molar-refractivity contribution is 9.10. The summed E-state index contributed by atoms with van der Waals surface area (Å²) in [5, 5.41) is 10.3. The fourth-order valence-corrected chi connectivity index (χ4v) is 2.08. The molecule has 4 nitrogen and oxygen atoms in total. The molecule has 1 aromatic carbocycles. The number of ether oxygens (including phenoxy) is 1. The maximum absolute atomic E-state index is 10.3. The summed E-state index contributed by atoms with van der Waals surface area (Å²) in [4.78, 5) is 4.14. The van der Waals surface area contributed by atoms with Crippen LogP contribution < -0.4 is 4.74 Å². The summed E-state index contributed by atoms with van der Waals surface area (Å²) in [6.45, 7) is 0. The van der Waals surface area contributed by atoms with E-state index in [1.807, 2.05) is 25.2 Å². The van der Waals surface area contributed by atoms with E-state index in [0.29, 0.717) is 17.1 Å². The lowest BCUT2D eigenvalue weighted by molar-refractivity contribution is 0.201. The Labute approximate surface area is 108 Å². The molecular formula is C12H13BrN2O2. The third kappa shape index (κ3) is 2.35. The number of aromatic nitrogens is 2. The molecule has 1 unspecified atom stereocenters. The maximum atomic E-state index is 10.3. The fraction of sp³-hybridized carbons (Fsp3) is 0.250. The number of hydrogen-bond donors (Lipinski definition) is 1.